The molecular weight excluding hydrogens is 322 g/mol. The van der Waals surface area contributed by atoms with Crippen molar-refractivity contribution in [3.8, 4) is 0 Å². The molecule has 2 N–H and O–H groups in total. The van der Waals surface area contributed by atoms with Gasteiger partial charge in [-0.15, -0.1) is 0 Å². The molecule has 0 radical (unpaired) electrons. The molecular formula is C18H23N3O4. The Morgan fingerprint density at radius 3 is 2.76 bits per heavy atom. The molecule has 7 heteroatoms. The molecule has 1 fully saturated rings. The van der Waals surface area contributed by atoms with E-state index in [1.807, 2.05) is 17.0 Å². The van der Waals surface area contributed by atoms with Gasteiger partial charge in [0.2, 0.25) is 5.91 Å². The molecule has 3 amide bonds. The summed E-state index contributed by atoms with van der Waals surface area (Å²) in [6.45, 7) is 0.936. The van der Waals surface area contributed by atoms with Crippen LogP contribution in [-0.2, 0) is 16.0 Å². The van der Waals surface area contributed by atoms with E-state index < -0.39 is 5.97 Å². The molecule has 1 aromatic rings. The van der Waals surface area contributed by atoms with Crippen LogP contribution in [0.4, 0.5) is 16.2 Å². The molecule has 0 atom stereocenters. The standard InChI is InChI=1S/C18H23N3O4/c1-20(9-8-17(23)24)18(25)19-14-5-6-15-13(10-14)4-7-16(22)21(15)11-12-2-3-12/h5-6,10,12H,2-4,7-9,11H2,1H3,(H,19,25)(H,23,24). The van der Waals surface area contributed by atoms with Crippen molar-refractivity contribution in [2.45, 2.75) is 32.1 Å². The van der Waals surface area contributed by atoms with Gasteiger partial charge in [0.1, 0.15) is 0 Å². The number of anilines is 2. The number of carbonyl (C=O) groups is 3. The number of carboxylic acids is 1. The molecule has 1 aliphatic carbocycles. The first kappa shape index (κ1) is 17.3. The minimum Gasteiger partial charge on any atom is -0.481 e. The number of carbonyl (C=O) groups excluding carboxylic acids is 2. The van der Waals surface area contributed by atoms with Crippen LogP contribution in [0.3, 0.4) is 0 Å². The molecule has 3 rings (SSSR count). The van der Waals surface area contributed by atoms with E-state index in [0.29, 0.717) is 24.4 Å². The number of urea groups is 1. The zero-order valence-corrected chi connectivity index (χ0v) is 14.3. The summed E-state index contributed by atoms with van der Waals surface area (Å²) < 4.78 is 0. The van der Waals surface area contributed by atoms with Crippen molar-refractivity contribution >= 4 is 29.3 Å². The van der Waals surface area contributed by atoms with E-state index in [-0.39, 0.29) is 24.9 Å². The highest BCUT2D eigenvalue weighted by Gasteiger charge is 2.31. The molecule has 25 heavy (non-hydrogen) atoms. The van der Waals surface area contributed by atoms with Crippen molar-refractivity contribution in [1.82, 2.24) is 4.90 Å². The van der Waals surface area contributed by atoms with E-state index in [0.717, 1.165) is 17.8 Å². The van der Waals surface area contributed by atoms with Crippen LogP contribution >= 0.6 is 0 Å². The smallest absolute Gasteiger partial charge is 0.321 e. The molecule has 0 unspecified atom stereocenters. The number of hydrogen-bond acceptors (Lipinski definition) is 3. The number of benzene rings is 1. The number of amides is 3. The van der Waals surface area contributed by atoms with E-state index in [9.17, 15) is 14.4 Å². The van der Waals surface area contributed by atoms with Gasteiger partial charge in [-0.05, 0) is 48.9 Å². The Kier molecular flexibility index (Phi) is 4.92. The predicted octanol–water partition coefficient (Wildman–Crippen LogP) is 2.31. The van der Waals surface area contributed by atoms with Gasteiger partial charge in [0.05, 0.1) is 6.42 Å². The monoisotopic (exact) mass is 345 g/mol. The molecule has 7 nitrogen and oxygen atoms in total. The maximum atomic E-state index is 12.2. The lowest BCUT2D eigenvalue weighted by Crippen LogP contribution is -2.37. The Hall–Kier alpha value is -2.57. The highest BCUT2D eigenvalue weighted by Crippen LogP contribution is 2.36. The largest absolute Gasteiger partial charge is 0.481 e. The Labute approximate surface area is 146 Å². The van der Waals surface area contributed by atoms with Gasteiger partial charge >= 0.3 is 12.0 Å². The lowest BCUT2D eigenvalue weighted by Gasteiger charge is -2.30. The number of aryl methyl sites for hydroxylation is 1. The van der Waals surface area contributed by atoms with Gasteiger partial charge in [-0.2, -0.15) is 0 Å². The molecule has 1 heterocycles. The highest BCUT2D eigenvalue weighted by atomic mass is 16.4. The zero-order valence-electron chi connectivity index (χ0n) is 14.3. The predicted molar refractivity (Wildman–Crippen MR) is 93.7 cm³/mol. The fourth-order valence-electron chi connectivity index (χ4n) is 2.98. The van der Waals surface area contributed by atoms with Gasteiger partial charge in [-0.3, -0.25) is 9.59 Å². The molecule has 0 aromatic heterocycles. The van der Waals surface area contributed by atoms with Gasteiger partial charge in [-0.25, -0.2) is 4.79 Å². The molecule has 1 aliphatic heterocycles. The number of rotatable bonds is 6. The Morgan fingerprint density at radius 1 is 1.32 bits per heavy atom. The molecule has 1 aromatic carbocycles. The van der Waals surface area contributed by atoms with Crippen LogP contribution in [0.1, 0.15) is 31.2 Å². The van der Waals surface area contributed by atoms with Crippen molar-refractivity contribution in [3.63, 3.8) is 0 Å². The molecule has 2 aliphatic rings. The normalized spacial score (nSPS) is 16.4. The summed E-state index contributed by atoms with van der Waals surface area (Å²) in [4.78, 5) is 38.1. The van der Waals surface area contributed by atoms with Crippen molar-refractivity contribution < 1.29 is 19.5 Å². The molecule has 0 spiro atoms. The number of carboxylic acid groups (broad SMARTS) is 1. The fraction of sp³-hybridized carbons (Fsp3) is 0.500. The van der Waals surface area contributed by atoms with E-state index in [1.54, 1.807) is 13.1 Å². The van der Waals surface area contributed by atoms with Gasteiger partial charge < -0.3 is 20.2 Å². The topological polar surface area (TPSA) is 90.0 Å². The summed E-state index contributed by atoms with van der Waals surface area (Å²) >= 11 is 0. The number of hydrogen-bond donors (Lipinski definition) is 2. The molecule has 134 valence electrons. The minimum atomic E-state index is -0.936. The first-order valence-electron chi connectivity index (χ1n) is 8.61. The van der Waals surface area contributed by atoms with Gasteiger partial charge in [0, 0.05) is 37.9 Å². The third-order valence-electron chi connectivity index (χ3n) is 4.68. The summed E-state index contributed by atoms with van der Waals surface area (Å²) in [6.07, 6.45) is 3.46. The first-order chi connectivity index (χ1) is 11.9. The summed E-state index contributed by atoms with van der Waals surface area (Å²) in [5.41, 5.74) is 2.67. The Balaban J connectivity index is 1.67. The van der Waals surface area contributed by atoms with Crippen LogP contribution in [0.2, 0.25) is 0 Å². The maximum absolute atomic E-state index is 12.2. The van der Waals surface area contributed by atoms with Crippen molar-refractivity contribution in [2.75, 3.05) is 30.4 Å². The van der Waals surface area contributed by atoms with E-state index >= 15 is 0 Å². The first-order valence-corrected chi connectivity index (χ1v) is 8.61. The third kappa shape index (κ3) is 4.29. The number of nitrogens with one attached hydrogen (secondary N) is 1. The van der Waals surface area contributed by atoms with E-state index in [2.05, 4.69) is 5.32 Å². The quantitative estimate of drug-likeness (QED) is 0.828. The summed E-state index contributed by atoms with van der Waals surface area (Å²) in [5, 5.41) is 11.5. The Morgan fingerprint density at radius 2 is 2.08 bits per heavy atom. The lowest BCUT2D eigenvalue weighted by molar-refractivity contribution is -0.137. The van der Waals surface area contributed by atoms with Crippen LogP contribution < -0.4 is 10.2 Å². The van der Waals surface area contributed by atoms with Crippen LogP contribution in [-0.4, -0.2) is 48.1 Å². The molecule has 1 saturated carbocycles. The average Bonchev–Trinajstić information content (AvgIpc) is 3.39. The second-order valence-corrected chi connectivity index (χ2v) is 6.79. The van der Waals surface area contributed by atoms with Crippen molar-refractivity contribution in [2.24, 2.45) is 5.92 Å². The summed E-state index contributed by atoms with van der Waals surface area (Å²) in [7, 11) is 1.56. The fourth-order valence-corrected chi connectivity index (χ4v) is 2.98. The van der Waals surface area contributed by atoms with Crippen LogP contribution in [0, 0.1) is 5.92 Å². The van der Waals surface area contributed by atoms with Crippen molar-refractivity contribution in [1.29, 1.82) is 0 Å². The van der Waals surface area contributed by atoms with Gasteiger partial charge in [0.25, 0.3) is 0 Å². The lowest BCUT2D eigenvalue weighted by atomic mass is 10.00. The second kappa shape index (κ2) is 7.13. The van der Waals surface area contributed by atoms with Crippen molar-refractivity contribution in [3.05, 3.63) is 23.8 Å². The number of nitrogens with zero attached hydrogens (tertiary/aromatic N) is 2. The zero-order chi connectivity index (χ0) is 18.0. The van der Waals surface area contributed by atoms with E-state index in [1.165, 1.54) is 17.7 Å². The maximum Gasteiger partial charge on any atom is 0.321 e. The van der Waals surface area contributed by atoms with Crippen LogP contribution in [0.5, 0.6) is 0 Å². The van der Waals surface area contributed by atoms with E-state index in [4.69, 9.17) is 5.11 Å². The summed E-state index contributed by atoms with van der Waals surface area (Å²) in [6, 6.07) is 5.25. The number of fused-ring (bicyclic) bond motifs is 1. The molecule has 0 bridgehead atoms. The summed E-state index contributed by atoms with van der Waals surface area (Å²) in [5.74, 6) is -0.143. The average molecular weight is 345 g/mol. The Bertz CT molecular complexity index is 700. The second-order valence-electron chi connectivity index (χ2n) is 6.79. The van der Waals surface area contributed by atoms with Crippen LogP contribution in [0.25, 0.3) is 0 Å². The number of aliphatic carboxylic acids is 1. The minimum absolute atomic E-state index is 0.0909. The van der Waals surface area contributed by atoms with Crippen LogP contribution in [0.15, 0.2) is 18.2 Å². The third-order valence-corrected chi connectivity index (χ3v) is 4.68. The highest BCUT2D eigenvalue weighted by molar-refractivity contribution is 5.97. The van der Waals surface area contributed by atoms with Gasteiger partial charge in [0.15, 0.2) is 0 Å². The SMILES string of the molecule is CN(CCC(=O)O)C(=O)Nc1ccc2c(c1)CCC(=O)N2CC1CC1. The van der Waals surface area contributed by atoms with Gasteiger partial charge in [-0.1, -0.05) is 0 Å². The molecule has 0 saturated heterocycles.